The van der Waals surface area contributed by atoms with Crippen molar-refractivity contribution in [1.29, 1.82) is 0 Å². The number of aromatic nitrogens is 1. The van der Waals surface area contributed by atoms with E-state index < -0.39 is 0 Å². The lowest BCUT2D eigenvalue weighted by Gasteiger charge is -2.44. The molecule has 2 bridgehead atoms. The SMILES string of the molecule is Nc1ccnc(C(=O)NC2CN3CCC2CC3)c1. The molecule has 0 radical (unpaired) electrons. The van der Waals surface area contributed by atoms with Gasteiger partial charge in [-0.1, -0.05) is 0 Å². The molecule has 3 saturated heterocycles. The topological polar surface area (TPSA) is 71.2 Å². The molecule has 5 heteroatoms. The van der Waals surface area contributed by atoms with Crippen molar-refractivity contribution in [2.75, 3.05) is 25.4 Å². The van der Waals surface area contributed by atoms with Gasteiger partial charge >= 0.3 is 0 Å². The summed E-state index contributed by atoms with van der Waals surface area (Å²) in [5, 5.41) is 3.10. The molecule has 3 N–H and O–H groups in total. The van der Waals surface area contributed by atoms with E-state index in [4.69, 9.17) is 5.73 Å². The summed E-state index contributed by atoms with van der Waals surface area (Å²) in [6, 6.07) is 3.57. The van der Waals surface area contributed by atoms with Crippen LogP contribution < -0.4 is 11.1 Å². The van der Waals surface area contributed by atoms with Gasteiger partial charge in [0.25, 0.3) is 5.91 Å². The summed E-state index contributed by atoms with van der Waals surface area (Å²) in [4.78, 5) is 18.6. The van der Waals surface area contributed by atoms with Crippen LogP contribution in [0.5, 0.6) is 0 Å². The molecule has 4 heterocycles. The summed E-state index contributed by atoms with van der Waals surface area (Å²) in [6.45, 7) is 3.32. The van der Waals surface area contributed by atoms with Crippen molar-refractivity contribution in [1.82, 2.24) is 15.2 Å². The highest BCUT2D eigenvalue weighted by atomic mass is 16.1. The Labute approximate surface area is 106 Å². The van der Waals surface area contributed by atoms with E-state index in [9.17, 15) is 4.79 Å². The molecule has 0 aliphatic carbocycles. The Morgan fingerprint density at radius 2 is 2.22 bits per heavy atom. The molecular weight excluding hydrogens is 228 g/mol. The van der Waals surface area contributed by atoms with Crippen LogP contribution in [-0.2, 0) is 0 Å². The van der Waals surface area contributed by atoms with Crippen molar-refractivity contribution in [2.24, 2.45) is 5.92 Å². The second kappa shape index (κ2) is 4.57. The van der Waals surface area contributed by atoms with E-state index in [0.717, 1.165) is 6.54 Å². The number of anilines is 1. The molecule has 3 fully saturated rings. The molecule has 1 atom stereocenters. The maximum absolute atomic E-state index is 12.1. The van der Waals surface area contributed by atoms with Gasteiger partial charge in [-0.15, -0.1) is 0 Å². The highest BCUT2D eigenvalue weighted by Crippen LogP contribution is 2.27. The van der Waals surface area contributed by atoms with Gasteiger partial charge in [0.15, 0.2) is 0 Å². The average Bonchev–Trinajstić information content (AvgIpc) is 2.40. The fraction of sp³-hybridized carbons (Fsp3) is 0.538. The fourth-order valence-corrected chi connectivity index (χ4v) is 2.94. The van der Waals surface area contributed by atoms with Crippen molar-refractivity contribution >= 4 is 11.6 Å². The van der Waals surface area contributed by atoms with E-state index in [1.54, 1.807) is 18.3 Å². The first kappa shape index (κ1) is 11.5. The maximum atomic E-state index is 12.1. The number of nitrogens with two attached hydrogens (primary N) is 1. The lowest BCUT2D eigenvalue weighted by atomic mass is 9.84. The highest BCUT2D eigenvalue weighted by molar-refractivity contribution is 5.93. The van der Waals surface area contributed by atoms with Crippen LogP contribution in [-0.4, -0.2) is 41.5 Å². The summed E-state index contributed by atoms with van der Waals surface area (Å²) < 4.78 is 0. The van der Waals surface area contributed by atoms with Crippen molar-refractivity contribution in [3.8, 4) is 0 Å². The van der Waals surface area contributed by atoms with Crippen LogP contribution in [0.2, 0.25) is 0 Å². The monoisotopic (exact) mass is 246 g/mol. The molecule has 4 rings (SSSR count). The van der Waals surface area contributed by atoms with Crippen LogP contribution in [0.15, 0.2) is 18.3 Å². The molecule has 96 valence electrons. The maximum Gasteiger partial charge on any atom is 0.270 e. The summed E-state index contributed by atoms with van der Waals surface area (Å²) in [5.74, 6) is 0.515. The minimum atomic E-state index is -0.110. The summed E-state index contributed by atoms with van der Waals surface area (Å²) >= 11 is 0. The van der Waals surface area contributed by atoms with Crippen molar-refractivity contribution in [2.45, 2.75) is 18.9 Å². The van der Waals surface area contributed by atoms with Gasteiger partial charge in [0.2, 0.25) is 0 Å². The van der Waals surface area contributed by atoms with Gasteiger partial charge in [-0.05, 0) is 44.0 Å². The Kier molecular flexibility index (Phi) is 2.91. The van der Waals surface area contributed by atoms with Crippen molar-refractivity contribution in [3.63, 3.8) is 0 Å². The van der Waals surface area contributed by atoms with Crippen molar-refractivity contribution in [3.05, 3.63) is 24.0 Å². The third-order valence-corrected chi connectivity index (χ3v) is 3.99. The van der Waals surface area contributed by atoms with Crippen LogP contribution >= 0.6 is 0 Å². The Hall–Kier alpha value is -1.62. The van der Waals surface area contributed by atoms with Crippen LogP contribution in [0.4, 0.5) is 5.69 Å². The molecule has 0 saturated carbocycles. The van der Waals surface area contributed by atoms with Gasteiger partial charge in [0, 0.05) is 24.5 Å². The zero-order chi connectivity index (χ0) is 12.5. The number of pyridine rings is 1. The highest BCUT2D eigenvalue weighted by Gasteiger charge is 2.35. The van der Waals surface area contributed by atoms with Gasteiger partial charge in [-0.2, -0.15) is 0 Å². The summed E-state index contributed by atoms with van der Waals surface area (Å²) in [7, 11) is 0. The van der Waals surface area contributed by atoms with Gasteiger partial charge in [0.05, 0.1) is 0 Å². The predicted molar refractivity (Wildman–Crippen MR) is 69.1 cm³/mol. The quantitative estimate of drug-likeness (QED) is 0.796. The first-order valence-corrected chi connectivity index (χ1v) is 6.47. The molecule has 18 heavy (non-hydrogen) atoms. The van der Waals surface area contributed by atoms with Gasteiger partial charge in [-0.25, -0.2) is 0 Å². The number of nitrogens with one attached hydrogen (secondary N) is 1. The van der Waals surface area contributed by atoms with E-state index in [-0.39, 0.29) is 11.9 Å². The number of carbonyl (C=O) groups is 1. The van der Waals surface area contributed by atoms with Crippen LogP contribution in [0.3, 0.4) is 0 Å². The Bertz CT molecular complexity index is 454. The van der Waals surface area contributed by atoms with E-state index in [1.807, 2.05) is 0 Å². The smallest absolute Gasteiger partial charge is 0.270 e. The number of amides is 1. The Balaban J connectivity index is 1.68. The second-order valence-electron chi connectivity index (χ2n) is 5.19. The molecule has 1 amide bonds. The van der Waals surface area contributed by atoms with Crippen LogP contribution in [0.25, 0.3) is 0 Å². The van der Waals surface area contributed by atoms with E-state index in [0.29, 0.717) is 17.3 Å². The number of piperidine rings is 3. The zero-order valence-corrected chi connectivity index (χ0v) is 10.3. The first-order chi connectivity index (χ1) is 8.72. The van der Waals surface area contributed by atoms with Crippen LogP contribution in [0, 0.1) is 5.92 Å². The number of rotatable bonds is 2. The first-order valence-electron chi connectivity index (χ1n) is 6.47. The van der Waals surface area contributed by atoms with Crippen LogP contribution in [0.1, 0.15) is 23.3 Å². The lowest BCUT2D eigenvalue weighted by molar-refractivity contribution is 0.0618. The number of hydrogen-bond donors (Lipinski definition) is 2. The molecule has 3 aliphatic rings. The van der Waals surface area contributed by atoms with Crippen molar-refractivity contribution < 1.29 is 4.79 Å². The third kappa shape index (κ3) is 2.18. The molecule has 1 unspecified atom stereocenters. The number of nitrogen functional groups attached to an aromatic ring is 1. The third-order valence-electron chi connectivity index (χ3n) is 3.99. The van der Waals surface area contributed by atoms with E-state index in [2.05, 4.69) is 15.2 Å². The Morgan fingerprint density at radius 3 is 2.83 bits per heavy atom. The second-order valence-corrected chi connectivity index (χ2v) is 5.19. The lowest BCUT2D eigenvalue weighted by Crippen LogP contribution is -2.57. The van der Waals surface area contributed by atoms with Gasteiger partial charge < -0.3 is 16.0 Å². The zero-order valence-electron chi connectivity index (χ0n) is 10.3. The summed E-state index contributed by atoms with van der Waals surface area (Å²) in [5.41, 5.74) is 6.64. The molecule has 1 aromatic rings. The normalized spacial score (nSPS) is 30.1. The number of nitrogens with zero attached hydrogens (tertiary/aromatic N) is 2. The van der Waals surface area contributed by atoms with Gasteiger partial charge in [0.1, 0.15) is 5.69 Å². The molecular formula is C13H18N4O. The molecule has 3 aliphatic heterocycles. The largest absolute Gasteiger partial charge is 0.399 e. The molecule has 0 aromatic carbocycles. The van der Waals surface area contributed by atoms with E-state index >= 15 is 0 Å². The van der Waals surface area contributed by atoms with E-state index in [1.165, 1.54) is 25.9 Å². The van der Waals surface area contributed by atoms with Gasteiger partial charge in [-0.3, -0.25) is 9.78 Å². The summed E-state index contributed by atoms with van der Waals surface area (Å²) in [6.07, 6.45) is 3.95. The number of hydrogen-bond acceptors (Lipinski definition) is 4. The number of fused-ring (bicyclic) bond motifs is 3. The minimum absolute atomic E-state index is 0.110. The molecule has 5 nitrogen and oxygen atoms in total. The predicted octanol–water partition coefficient (Wildman–Crippen LogP) is 0.488. The Morgan fingerprint density at radius 1 is 1.44 bits per heavy atom. The molecule has 1 aromatic heterocycles. The molecule has 0 spiro atoms. The number of carbonyl (C=O) groups excluding carboxylic acids is 1. The standard InChI is InChI=1S/C13H18N4O/c14-10-1-4-15-11(7-10)13(18)16-12-8-17-5-2-9(12)3-6-17/h1,4,7,9,12H,2-3,5-6,8H2,(H2,14,15)(H,16,18). The average molecular weight is 246 g/mol. The fourth-order valence-electron chi connectivity index (χ4n) is 2.94. The minimum Gasteiger partial charge on any atom is -0.399 e.